The molecule has 2 aromatic carbocycles. The first-order valence-corrected chi connectivity index (χ1v) is 12.2. The minimum Gasteiger partial charge on any atom is -0.507 e. The zero-order chi connectivity index (χ0) is 25.0. The number of ether oxygens (including phenoxy) is 2. The molecule has 2 aromatic rings. The van der Waals surface area contributed by atoms with Crippen LogP contribution in [0.3, 0.4) is 0 Å². The first kappa shape index (κ1) is 25.3. The normalized spacial score (nSPS) is 15.8. The molecule has 0 aromatic heterocycles. The first-order chi connectivity index (χ1) is 16.1. The minimum absolute atomic E-state index is 0.0717. The van der Waals surface area contributed by atoms with Crippen LogP contribution in [0, 0.1) is 6.92 Å². The molecule has 34 heavy (non-hydrogen) atoms. The molecule has 3 rings (SSSR count). The van der Waals surface area contributed by atoms with Crippen LogP contribution in [0.15, 0.2) is 41.7 Å². The summed E-state index contributed by atoms with van der Waals surface area (Å²) in [5, 5.41) is 20.0. The molecule has 0 radical (unpaired) electrons. The predicted octanol–water partition coefficient (Wildman–Crippen LogP) is 4.98. The second-order valence-electron chi connectivity index (χ2n) is 7.92. The molecule has 2 atom stereocenters. The highest BCUT2D eigenvalue weighted by Crippen LogP contribution is 2.52. The second kappa shape index (κ2) is 10.3. The molecule has 0 bridgehead atoms. The number of fused-ring (bicyclic) bond motifs is 1. The van der Waals surface area contributed by atoms with E-state index < -0.39 is 25.6 Å². The molecule has 1 unspecified atom stereocenters. The van der Waals surface area contributed by atoms with E-state index in [9.17, 15) is 24.4 Å². The molecule has 0 aliphatic carbocycles. The third kappa shape index (κ3) is 5.43. The number of benzene rings is 2. The second-order valence-corrected chi connectivity index (χ2v) is 9.65. The van der Waals surface area contributed by atoms with Crippen LogP contribution in [0.4, 0.5) is 0 Å². The molecule has 2 N–H and O–H groups in total. The monoisotopic (exact) mass is 490 g/mol. The topological polar surface area (TPSA) is 129 Å². The van der Waals surface area contributed by atoms with Crippen molar-refractivity contribution >= 4 is 19.5 Å². The number of carboxylic acid groups (broad SMARTS) is 1. The number of phenolic OH excluding ortho intramolecular Hbond substituents is 1. The summed E-state index contributed by atoms with van der Waals surface area (Å²) in [5.41, 5.74) is 2.41. The molecule has 1 aliphatic rings. The highest BCUT2D eigenvalue weighted by molar-refractivity contribution is 7.57. The quantitative estimate of drug-likeness (QED) is 0.350. The Bertz CT molecular complexity index is 1170. The van der Waals surface area contributed by atoms with Gasteiger partial charge in [-0.3, -0.25) is 4.52 Å². The van der Waals surface area contributed by atoms with E-state index in [1.807, 2.05) is 0 Å². The van der Waals surface area contributed by atoms with Gasteiger partial charge in [0.25, 0.3) is 0 Å². The van der Waals surface area contributed by atoms with Crippen LogP contribution in [0.25, 0.3) is 0 Å². The number of hydrogen-bond donors (Lipinski definition) is 2. The van der Waals surface area contributed by atoms with E-state index in [2.05, 4.69) is 0 Å². The summed E-state index contributed by atoms with van der Waals surface area (Å²) in [6, 6.07) is 8.30. The van der Waals surface area contributed by atoms with E-state index in [1.54, 1.807) is 44.2 Å². The van der Waals surface area contributed by atoms with Crippen LogP contribution in [-0.2, 0) is 31.6 Å². The maximum absolute atomic E-state index is 13.4. The van der Waals surface area contributed by atoms with Gasteiger partial charge in [-0.15, -0.1) is 0 Å². The highest BCUT2D eigenvalue weighted by atomic mass is 31.2. The molecule has 0 fully saturated rings. The van der Waals surface area contributed by atoms with Crippen LogP contribution in [0.1, 0.15) is 47.3 Å². The molecular weight excluding hydrogens is 463 g/mol. The van der Waals surface area contributed by atoms with Crippen LogP contribution in [0.5, 0.6) is 17.2 Å². The lowest BCUT2D eigenvalue weighted by Gasteiger charge is -2.20. The molecule has 1 aliphatic heterocycles. The maximum Gasteiger partial charge on any atom is 0.404 e. The Morgan fingerprint density at radius 2 is 1.97 bits per heavy atom. The summed E-state index contributed by atoms with van der Waals surface area (Å²) >= 11 is 0. The molecule has 0 saturated heterocycles. The number of cyclic esters (lactones) is 1. The van der Waals surface area contributed by atoms with Gasteiger partial charge in [0.2, 0.25) is 0 Å². The van der Waals surface area contributed by atoms with Crippen molar-refractivity contribution in [2.45, 2.75) is 46.3 Å². The Morgan fingerprint density at radius 1 is 1.29 bits per heavy atom. The van der Waals surface area contributed by atoms with Gasteiger partial charge in [0.15, 0.2) is 6.10 Å². The standard InChI is InChI=1S/C24H27O9P/c1-14(13-34(29,32-16(3)23(26)27)33-17-8-6-5-7-9-17)10-11-18-21(25)20-19(12-31-24(20)28)15(2)22(18)30-4/h5-9,13,16,25H,10-12H2,1-4H3,(H,26,27)/b14-13+/t16-,34?/m0/s1. The highest BCUT2D eigenvalue weighted by Gasteiger charge is 2.33. The van der Waals surface area contributed by atoms with Gasteiger partial charge >= 0.3 is 19.5 Å². The molecule has 182 valence electrons. The summed E-state index contributed by atoms with van der Waals surface area (Å²) in [5.74, 6) is -0.0902. The number of carbonyl (C=O) groups excluding carboxylic acids is 1. The largest absolute Gasteiger partial charge is 0.507 e. The Kier molecular flexibility index (Phi) is 7.69. The van der Waals surface area contributed by atoms with Crippen molar-refractivity contribution in [1.29, 1.82) is 0 Å². The molecule has 0 saturated carbocycles. The lowest BCUT2D eigenvalue weighted by Crippen LogP contribution is -2.19. The Labute approximate surface area is 197 Å². The zero-order valence-electron chi connectivity index (χ0n) is 19.4. The number of phenols is 1. The fourth-order valence-corrected chi connectivity index (χ4v) is 5.47. The van der Waals surface area contributed by atoms with Crippen molar-refractivity contribution in [3.05, 3.63) is 64.0 Å². The van der Waals surface area contributed by atoms with Gasteiger partial charge in [0, 0.05) is 16.9 Å². The van der Waals surface area contributed by atoms with Gasteiger partial charge in [-0.2, -0.15) is 0 Å². The van der Waals surface area contributed by atoms with Gasteiger partial charge in [-0.05, 0) is 51.3 Å². The van der Waals surface area contributed by atoms with Crippen LogP contribution >= 0.6 is 7.60 Å². The number of aromatic hydroxyl groups is 1. The Hall–Kier alpha value is -3.29. The van der Waals surface area contributed by atoms with E-state index in [0.29, 0.717) is 34.4 Å². The number of para-hydroxylation sites is 1. The fraction of sp³-hybridized carbons (Fsp3) is 0.333. The van der Waals surface area contributed by atoms with Gasteiger partial charge in [-0.1, -0.05) is 23.8 Å². The van der Waals surface area contributed by atoms with E-state index in [-0.39, 0.29) is 30.1 Å². The predicted molar refractivity (Wildman–Crippen MR) is 123 cm³/mol. The van der Waals surface area contributed by atoms with Crippen molar-refractivity contribution in [3.63, 3.8) is 0 Å². The maximum atomic E-state index is 13.4. The lowest BCUT2D eigenvalue weighted by atomic mass is 9.94. The number of esters is 1. The third-order valence-corrected chi connectivity index (χ3v) is 7.26. The summed E-state index contributed by atoms with van der Waals surface area (Å²) in [4.78, 5) is 23.4. The van der Waals surface area contributed by atoms with Crippen molar-refractivity contribution in [2.24, 2.45) is 0 Å². The summed E-state index contributed by atoms with van der Waals surface area (Å²) < 4.78 is 34.9. The van der Waals surface area contributed by atoms with Crippen LogP contribution in [0.2, 0.25) is 0 Å². The number of carboxylic acids is 1. The molecule has 1 heterocycles. The van der Waals surface area contributed by atoms with E-state index in [4.69, 9.17) is 18.5 Å². The van der Waals surface area contributed by atoms with Crippen molar-refractivity contribution in [2.75, 3.05) is 7.11 Å². The SMILES string of the molecule is COc1c(C)c2c(c(O)c1CC/C(C)=C/P(=O)(Oc1ccccc1)O[C@@H](C)C(=O)O)C(=O)OC2. The van der Waals surface area contributed by atoms with Crippen molar-refractivity contribution < 1.29 is 42.9 Å². The number of allylic oxidation sites excluding steroid dienone is 1. The number of carbonyl (C=O) groups is 2. The molecule has 9 nitrogen and oxygen atoms in total. The van der Waals surface area contributed by atoms with Crippen molar-refractivity contribution in [3.8, 4) is 17.2 Å². The van der Waals surface area contributed by atoms with Crippen LogP contribution < -0.4 is 9.26 Å². The van der Waals surface area contributed by atoms with Gasteiger partial charge in [0.05, 0.1) is 7.11 Å². The number of hydrogen-bond acceptors (Lipinski definition) is 8. The molecule has 0 amide bonds. The summed E-state index contributed by atoms with van der Waals surface area (Å²) in [6.07, 6.45) is -0.823. The number of methoxy groups -OCH3 is 1. The smallest absolute Gasteiger partial charge is 0.404 e. The lowest BCUT2D eigenvalue weighted by molar-refractivity contribution is -0.144. The fourth-order valence-electron chi connectivity index (χ4n) is 3.70. The van der Waals surface area contributed by atoms with Gasteiger partial charge in [-0.25, -0.2) is 14.2 Å². The molecular formula is C24H27O9P. The summed E-state index contributed by atoms with van der Waals surface area (Å²) in [6.45, 7) is 4.81. The van der Waals surface area contributed by atoms with Crippen LogP contribution in [-0.4, -0.2) is 35.4 Å². The average Bonchev–Trinajstić information content (AvgIpc) is 3.17. The summed E-state index contributed by atoms with van der Waals surface area (Å²) in [7, 11) is -2.53. The van der Waals surface area contributed by atoms with Gasteiger partial charge in [0.1, 0.15) is 29.4 Å². The van der Waals surface area contributed by atoms with E-state index >= 15 is 0 Å². The first-order valence-electron chi connectivity index (χ1n) is 10.6. The number of aliphatic carboxylic acids is 1. The van der Waals surface area contributed by atoms with E-state index in [1.165, 1.54) is 19.9 Å². The van der Waals surface area contributed by atoms with E-state index in [0.717, 1.165) is 0 Å². The Morgan fingerprint density at radius 3 is 2.59 bits per heavy atom. The average molecular weight is 490 g/mol. The van der Waals surface area contributed by atoms with Crippen molar-refractivity contribution in [1.82, 2.24) is 0 Å². The molecule has 10 heteroatoms. The van der Waals surface area contributed by atoms with Gasteiger partial charge < -0.3 is 24.2 Å². The zero-order valence-corrected chi connectivity index (χ0v) is 20.3. The molecule has 0 spiro atoms. The third-order valence-electron chi connectivity index (χ3n) is 5.42. The minimum atomic E-state index is -4.00. The Balaban J connectivity index is 1.89. The number of rotatable bonds is 10.